The lowest BCUT2D eigenvalue weighted by Crippen LogP contribution is -2.44. The van der Waals surface area contributed by atoms with Crippen molar-refractivity contribution in [2.24, 2.45) is 0 Å². The predicted molar refractivity (Wildman–Crippen MR) is 127 cm³/mol. The summed E-state index contributed by atoms with van der Waals surface area (Å²) in [6, 6.07) is 18.8. The second-order valence-electron chi connectivity index (χ2n) is 8.30. The molecule has 6 heteroatoms. The lowest BCUT2D eigenvalue weighted by molar-refractivity contribution is -0.113. The fraction of sp³-hybridized carbons (Fsp3) is 0.296. The molecule has 0 spiro atoms. The van der Waals surface area contributed by atoms with Crippen LogP contribution in [0.2, 0.25) is 0 Å². The number of morpholine rings is 1. The number of rotatable bonds is 5. The van der Waals surface area contributed by atoms with E-state index in [4.69, 9.17) is 15.3 Å². The summed E-state index contributed by atoms with van der Waals surface area (Å²) in [7, 11) is 0. The van der Waals surface area contributed by atoms with Crippen molar-refractivity contribution in [3.8, 4) is 12.1 Å². The molecule has 2 aromatic rings. The maximum atomic E-state index is 13.3. The summed E-state index contributed by atoms with van der Waals surface area (Å²) in [5.41, 5.74) is 4.50. The number of likely N-dealkylation sites (tertiary alicyclic amines) is 1. The number of nitriles is 2. The zero-order valence-corrected chi connectivity index (χ0v) is 18.5. The number of nitrogens with zero attached hydrogens (tertiary/aromatic N) is 4. The minimum Gasteiger partial charge on any atom is -0.379 e. The Morgan fingerprint density at radius 3 is 1.67 bits per heavy atom. The van der Waals surface area contributed by atoms with E-state index in [9.17, 15) is 4.79 Å². The summed E-state index contributed by atoms with van der Waals surface area (Å²) >= 11 is 0. The Balaban J connectivity index is 1.57. The molecule has 0 saturated carbocycles. The van der Waals surface area contributed by atoms with Crippen LogP contribution in [0.15, 0.2) is 59.7 Å². The predicted octanol–water partition coefficient (Wildman–Crippen LogP) is 3.11. The van der Waals surface area contributed by atoms with Crippen LogP contribution in [-0.2, 0) is 9.53 Å². The second kappa shape index (κ2) is 10.8. The van der Waals surface area contributed by atoms with Crippen LogP contribution < -0.4 is 0 Å². The maximum Gasteiger partial charge on any atom is 0.187 e. The monoisotopic (exact) mass is 438 g/mol. The molecule has 2 heterocycles. The van der Waals surface area contributed by atoms with E-state index in [0.717, 1.165) is 61.7 Å². The molecular formula is C27H26N4O2. The quantitative estimate of drug-likeness (QED) is 0.668. The molecule has 0 unspecified atom stereocenters. The molecule has 166 valence electrons. The average molecular weight is 439 g/mol. The van der Waals surface area contributed by atoms with Crippen LogP contribution in [0.1, 0.15) is 22.3 Å². The molecule has 2 fully saturated rings. The van der Waals surface area contributed by atoms with Gasteiger partial charge in [-0.25, -0.2) is 0 Å². The molecule has 2 aromatic carbocycles. The first-order valence-electron chi connectivity index (χ1n) is 11.1. The van der Waals surface area contributed by atoms with Gasteiger partial charge in [-0.2, -0.15) is 10.5 Å². The summed E-state index contributed by atoms with van der Waals surface area (Å²) in [5.74, 6) is 0.0475. The number of benzene rings is 2. The van der Waals surface area contributed by atoms with E-state index in [1.807, 2.05) is 36.4 Å². The Bertz CT molecular complexity index is 1050. The molecule has 0 radical (unpaired) electrons. The first-order valence-corrected chi connectivity index (χ1v) is 11.1. The maximum absolute atomic E-state index is 13.3. The van der Waals surface area contributed by atoms with Gasteiger partial charge in [-0.1, -0.05) is 24.3 Å². The van der Waals surface area contributed by atoms with Gasteiger partial charge in [0.2, 0.25) is 0 Å². The highest BCUT2D eigenvalue weighted by atomic mass is 16.5. The molecule has 33 heavy (non-hydrogen) atoms. The van der Waals surface area contributed by atoms with E-state index in [2.05, 4.69) is 21.9 Å². The number of ketones is 1. The molecule has 6 nitrogen and oxygen atoms in total. The highest BCUT2D eigenvalue weighted by Crippen LogP contribution is 2.22. The third kappa shape index (κ3) is 6.03. The third-order valence-electron chi connectivity index (χ3n) is 5.97. The number of piperidine rings is 1. The average Bonchev–Trinajstić information content (AvgIpc) is 2.87. The molecule has 4 rings (SSSR count). The third-order valence-corrected chi connectivity index (χ3v) is 5.97. The van der Waals surface area contributed by atoms with Crippen molar-refractivity contribution < 1.29 is 9.53 Å². The number of hydrogen-bond donors (Lipinski definition) is 0. The number of hydrogen-bond acceptors (Lipinski definition) is 6. The Hall–Kier alpha value is -3.55. The molecule has 0 atom stereocenters. The highest BCUT2D eigenvalue weighted by molar-refractivity contribution is 6.14. The van der Waals surface area contributed by atoms with E-state index in [1.165, 1.54) is 0 Å². The first-order chi connectivity index (χ1) is 16.1. The fourth-order valence-electron chi connectivity index (χ4n) is 4.09. The van der Waals surface area contributed by atoms with E-state index in [0.29, 0.717) is 24.2 Å². The van der Waals surface area contributed by atoms with E-state index >= 15 is 0 Å². The van der Waals surface area contributed by atoms with Crippen LogP contribution in [0.5, 0.6) is 0 Å². The van der Waals surface area contributed by atoms with Crippen molar-refractivity contribution in [1.29, 1.82) is 10.5 Å². The van der Waals surface area contributed by atoms with Crippen molar-refractivity contribution in [2.45, 2.75) is 0 Å². The van der Waals surface area contributed by atoms with Crippen LogP contribution in [-0.4, -0.2) is 68.1 Å². The van der Waals surface area contributed by atoms with Gasteiger partial charge in [0.05, 0.1) is 36.5 Å². The number of carbonyl (C=O) groups is 1. The molecule has 2 aliphatic rings. The fourth-order valence-corrected chi connectivity index (χ4v) is 4.09. The van der Waals surface area contributed by atoms with Crippen LogP contribution in [0.3, 0.4) is 0 Å². The van der Waals surface area contributed by atoms with Crippen molar-refractivity contribution in [1.82, 2.24) is 9.80 Å². The Morgan fingerprint density at radius 2 is 1.21 bits per heavy atom. The summed E-state index contributed by atoms with van der Waals surface area (Å²) < 4.78 is 5.45. The van der Waals surface area contributed by atoms with Gasteiger partial charge < -0.3 is 4.74 Å². The summed E-state index contributed by atoms with van der Waals surface area (Å²) in [6.45, 7) is 6.40. The van der Waals surface area contributed by atoms with E-state index in [1.54, 1.807) is 24.3 Å². The second-order valence-corrected chi connectivity index (χ2v) is 8.30. The molecule has 0 bridgehead atoms. The number of ether oxygens (including phenoxy) is 1. The Kier molecular flexibility index (Phi) is 7.44. The largest absolute Gasteiger partial charge is 0.379 e. The van der Waals surface area contributed by atoms with Crippen LogP contribution >= 0.6 is 0 Å². The molecule has 2 aliphatic heterocycles. The molecule has 0 amide bonds. The lowest BCUT2D eigenvalue weighted by Gasteiger charge is -2.33. The van der Waals surface area contributed by atoms with Crippen molar-refractivity contribution in [3.05, 3.63) is 81.9 Å². The van der Waals surface area contributed by atoms with Gasteiger partial charge >= 0.3 is 0 Å². The zero-order chi connectivity index (χ0) is 23.0. The Morgan fingerprint density at radius 1 is 0.758 bits per heavy atom. The van der Waals surface area contributed by atoms with Gasteiger partial charge in [0.1, 0.15) is 0 Å². The van der Waals surface area contributed by atoms with Crippen molar-refractivity contribution >= 4 is 17.9 Å². The molecule has 0 aromatic heterocycles. The van der Waals surface area contributed by atoms with Crippen LogP contribution in [0.25, 0.3) is 12.2 Å². The van der Waals surface area contributed by atoms with Gasteiger partial charge in [0, 0.05) is 50.4 Å². The zero-order valence-electron chi connectivity index (χ0n) is 18.5. The van der Waals surface area contributed by atoms with Gasteiger partial charge in [0.25, 0.3) is 0 Å². The van der Waals surface area contributed by atoms with E-state index < -0.39 is 0 Å². The lowest BCUT2D eigenvalue weighted by atomic mass is 9.94. The van der Waals surface area contributed by atoms with Gasteiger partial charge in [0.15, 0.2) is 5.78 Å². The van der Waals surface area contributed by atoms with Crippen LogP contribution in [0, 0.1) is 22.7 Å². The topological polar surface area (TPSA) is 80.4 Å². The first kappa shape index (κ1) is 22.6. The Labute approximate surface area is 194 Å². The normalized spacial score (nSPS) is 20.0. The van der Waals surface area contributed by atoms with Gasteiger partial charge in [-0.05, 0) is 47.5 Å². The highest BCUT2D eigenvalue weighted by Gasteiger charge is 2.26. The van der Waals surface area contributed by atoms with Gasteiger partial charge in [-0.15, -0.1) is 0 Å². The minimum absolute atomic E-state index is 0.0475. The SMILES string of the molecule is N#Cc1ccc(/C=C2/CN(CCN3CCOCC3)C/C(=C\c3ccc(C#N)cc3)C2=O)cc1. The standard InChI is InChI=1S/C27H26N4O2/c28-17-23-5-1-21(2-6-23)15-25-19-31(10-9-30-11-13-33-14-12-30)20-26(27(25)32)16-22-3-7-24(18-29)8-4-22/h1-8,15-16H,9-14,19-20H2/b25-15-,26-16+. The minimum atomic E-state index is 0.0475. The summed E-state index contributed by atoms with van der Waals surface area (Å²) in [4.78, 5) is 18.0. The van der Waals surface area contributed by atoms with Crippen molar-refractivity contribution in [2.75, 3.05) is 52.5 Å². The molecular weight excluding hydrogens is 412 g/mol. The smallest absolute Gasteiger partial charge is 0.187 e. The number of carbonyl (C=O) groups excluding carboxylic acids is 1. The van der Waals surface area contributed by atoms with Gasteiger partial charge in [-0.3, -0.25) is 14.6 Å². The van der Waals surface area contributed by atoms with Crippen LogP contribution in [0.4, 0.5) is 0 Å². The molecule has 2 saturated heterocycles. The van der Waals surface area contributed by atoms with Crippen molar-refractivity contribution in [3.63, 3.8) is 0 Å². The molecule has 0 N–H and O–H groups in total. The summed E-state index contributed by atoms with van der Waals surface area (Å²) in [6.07, 6.45) is 3.86. The summed E-state index contributed by atoms with van der Waals surface area (Å²) in [5, 5.41) is 18.1. The number of Topliss-reactive ketones (excluding diaryl/α,β-unsaturated/α-hetero) is 1. The van der Waals surface area contributed by atoms with E-state index in [-0.39, 0.29) is 5.78 Å². The molecule has 0 aliphatic carbocycles.